The molecule has 0 saturated carbocycles. The van der Waals surface area contributed by atoms with Gasteiger partial charge in [0.1, 0.15) is 11.8 Å². The van der Waals surface area contributed by atoms with Gasteiger partial charge in [-0.2, -0.15) is 0 Å². The number of rotatable bonds is 10. The van der Waals surface area contributed by atoms with Gasteiger partial charge >= 0.3 is 0 Å². The maximum absolute atomic E-state index is 13.6. The van der Waals surface area contributed by atoms with Gasteiger partial charge in [0.25, 0.3) is 5.91 Å². The highest BCUT2D eigenvalue weighted by atomic mass is 79.9. The van der Waals surface area contributed by atoms with Crippen molar-refractivity contribution in [3.63, 3.8) is 0 Å². The molecule has 35 heavy (non-hydrogen) atoms. The maximum atomic E-state index is 13.6. The monoisotopic (exact) mass is 536 g/mol. The van der Waals surface area contributed by atoms with Crippen LogP contribution in [0.2, 0.25) is 0 Å². The molecule has 0 aliphatic carbocycles. The Morgan fingerprint density at radius 2 is 1.66 bits per heavy atom. The zero-order valence-electron chi connectivity index (χ0n) is 20.8. The van der Waals surface area contributed by atoms with Crippen LogP contribution in [0.3, 0.4) is 0 Å². The smallest absolute Gasteiger partial charge is 0.261 e. The van der Waals surface area contributed by atoms with Crippen molar-refractivity contribution in [2.24, 2.45) is 0 Å². The predicted molar refractivity (Wildman–Crippen MR) is 143 cm³/mol. The van der Waals surface area contributed by atoms with Gasteiger partial charge in [-0.25, -0.2) is 0 Å². The fourth-order valence-electron chi connectivity index (χ4n) is 3.95. The summed E-state index contributed by atoms with van der Waals surface area (Å²) in [5.41, 5.74) is 4.01. The standard InChI is InChI=1S/C29H33BrN2O3/c1-20(2)31-29(34)26(17-23-9-6-5-7-10-23)32(18-24-11-8-12-25(30)16-24)28(33)19-35-27-14-13-21(3)15-22(27)4/h5-16,20,26H,17-19H2,1-4H3,(H,31,34)/t26-/m0/s1. The summed E-state index contributed by atoms with van der Waals surface area (Å²) in [4.78, 5) is 28.6. The van der Waals surface area contributed by atoms with Crippen LogP contribution in [0.5, 0.6) is 5.75 Å². The van der Waals surface area contributed by atoms with Crippen LogP contribution in [0, 0.1) is 13.8 Å². The molecule has 2 amide bonds. The van der Waals surface area contributed by atoms with Crippen LogP contribution in [0.4, 0.5) is 0 Å². The molecule has 1 N–H and O–H groups in total. The van der Waals surface area contributed by atoms with Crippen molar-refractivity contribution in [2.75, 3.05) is 6.61 Å². The summed E-state index contributed by atoms with van der Waals surface area (Å²) in [5, 5.41) is 3.00. The van der Waals surface area contributed by atoms with E-state index < -0.39 is 6.04 Å². The van der Waals surface area contributed by atoms with Gasteiger partial charge in [0, 0.05) is 23.5 Å². The molecule has 0 aliphatic heterocycles. The number of carbonyl (C=O) groups is 2. The Kier molecular flexibility index (Phi) is 9.49. The van der Waals surface area contributed by atoms with Crippen molar-refractivity contribution in [2.45, 2.75) is 52.7 Å². The van der Waals surface area contributed by atoms with Crippen LogP contribution >= 0.6 is 15.9 Å². The zero-order chi connectivity index (χ0) is 25.4. The minimum Gasteiger partial charge on any atom is -0.483 e. The Bertz CT molecular complexity index is 1150. The fourth-order valence-corrected chi connectivity index (χ4v) is 4.40. The van der Waals surface area contributed by atoms with Crippen LogP contribution in [0.25, 0.3) is 0 Å². The minimum atomic E-state index is -0.686. The number of hydrogen-bond donors (Lipinski definition) is 1. The lowest BCUT2D eigenvalue weighted by Crippen LogP contribution is -2.52. The van der Waals surface area contributed by atoms with E-state index in [1.807, 2.05) is 100 Å². The second-order valence-electron chi connectivity index (χ2n) is 9.08. The first-order chi connectivity index (χ1) is 16.7. The Hall–Kier alpha value is -3.12. The number of carbonyl (C=O) groups excluding carboxylic acids is 2. The summed E-state index contributed by atoms with van der Waals surface area (Å²) in [6.45, 7) is 7.95. The molecule has 3 aromatic rings. The first kappa shape index (κ1) is 26.5. The predicted octanol–water partition coefficient (Wildman–Crippen LogP) is 5.61. The first-order valence-corrected chi connectivity index (χ1v) is 12.6. The quantitative estimate of drug-likeness (QED) is 0.366. The van der Waals surface area contributed by atoms with E-state index >= 15 is 0 Å². The van der Waals surface area contributed by atoms with Crippen LogP contribution in [-0.2, 0) is 22.6 Å². The number of ether oxygens (including phenoxy) is 1. The van der Waals surface area contributed by atoms with Gasteiger partial charge in [-0.3, -0.25) is 9.59 Å². The van der Waals surface area contributed by atoms with Gasteiger partial charge in [-0.1, -0.05) is 76.1 Å². The maximum Gasteiger partial charge on any atom is 0.261 e. The molecule has 0 aromatic heterocycles. The van der Waals surface area contributed by atoms with Crippen molar-refractivity contribution in [3.8, 4) is 5.75 Å². The molecule has 0 fully saturated rings. The van der Waals surface area contributed by atoms with Gasteiger partial charge in [0.2, 0.25) is 5.91 Å². The Morgan fingerprint density at radius 1 is 0.943 bits per heavy atom. The average Bonchev–Trinajstić information content (AvgIpc) is 2.81. The number of nitrogens with one attached hydrogen (secondary N) is 1. The Morgan fingerprint density at radius 3 is 2.31 bits per heavy atom. The minimum absolute atomic E-state index is 0.0462. The van der Waals surface area contributed by atoms with Crippen molar-refractivity contribution in [3.05, 3.63) is 99.5 Å². The van der Waals surface area contributed by atoms with E-state index in [0.29, 0.717) is 12.2 Å². The summed E-state index contributed by atoms with van der Waals surface area (Å²) >= 11 is 3.51. The van der Waals surface area contributed by atoms with E-state index in [-0.39, 0.29) is 31.0 Å². The molecule has 3 aromatic carbocycles. The third kappa shape index (κ3) is 7.96. The molecule has 5 nitrogen and oxygen atoms in total. The molecule has 184 valence electrons. The summed E-state index contributed by atoms with van der Waals surface area (Å²) in [6, 6.07) is 22.7. The van der Waals surface area contributed by atoms with E-state index in [2.05, 4.69) is 21.2 Å². The van der Waals surface area contributed by atoms with Crippen molar-refractivity contribution < 1.29 is 14.3 Å². The summed E-state index contributed by atoms with van der Waals surface area (Å²) in [6.07, 6.45) is 0.405. The van der Waals surface area contributed by atoms with Gasteiger partial charge in [0.15, 0.2) is 6.61 Å². The van der Waals surface area contributed by atoms with Gasteiger partial charge < -0.3 is 15.0 Å². The fraction of sp³-hybridized carbons (Fsp3) is 0.310. The van der Waals surface area contributed by atoms with Crippen molar-refractivity contribution in [1.29, 1.82) is 0 Å². The third-order valence-corrected chi connectivity index (χ3v) is 6.12. The molecular weight excluding hydrogens is 504 g/mol. The number of halogens is 1. The molecule has 0 unspecified atom stereocenters. The van der Waals surface area contributed by atoms with Gasteiger partial charge in [-0.15, -0.1) is 0 Å². The number of hydrogen-bond acceptors (Lipinski definition) is 3. The third-order valence-electron chi connectivity index (χ3n) is 5.63. The lowest BCUT2D eigenvalue weighted by molar-refractivity contribution is -0.143. The molecular formula is C29H33BrN2O3. The van der Waals surface area contributed by atoms with Crippen molar-refractivity contribution >= 4 is 27.7 Å². The van der Waals surface area contributed by atoms with E-state index in [1.165, 1.54) is 0 Å². The number of amides is 2. The highest BCUT2D eigenvalue weighted by Gasteiger charge is 2.31. The molecule has 0 radical (unpaired) electrons. The number of nitrogens with zero attached hydrogens (tertiary/aromatic N) is 1. The topological polar surface area (TPSA) is 58.6 Å². The molecule has 0 saturated heterocycles. The van der Waals surface area contributed by atoms with E-state index in [9.17, 15) is 9.59 Å². The average molecular weight is 537 g/mol. The molecule has 6 heteroatoms. The zero-order valence-corrected chi connectivity index (χ0v) is 22.3. The highest BCUT2D eigenvalue weighted by Crippen LogP contribution is 2.21. The summed E-state index contributed by atoms with van der Waals surface area (Å²) < 4.78 is 6.84. The van der Waals surface area contributed by atoms with Crippen LogP contribution in [-0.4, -0.2) is 35.4 Å². The van der Waals surface area contributed by atoms with E-state index in [0.717, 1.165) is 26.7 Å². The molecule has 0 heterocycles. The molecule has 0 aliphatic rings. The number of benzene rings is 3. The second-order valence-corrected chi connectivity index (χ2v) is 9.99. The first-order valence-electron chi connectivity index (χ1n) is 11.8. The largest absolute Gasteiger partial charge is 0.483 e. The summed E-state index contributed by atoms with van der Waals surface area (Å²) in [7, 11) is 0. The normalized spacial score (nSPS) is 11.7. The van der Waals surface area contributed by atoms with E-state index in [4.69, 9.17) is 4.74 Å². The second kappa shape index (κ2) is 12.5. The Labute approximate surface area is 216 Å². The SMILES string of the molecule is Cc1ccc(OCC(=O)N(Cc2cccc(Br)c2)[C@@H](Cc2ccccc2)C(=O)NC(C)C)c(C)c1. The van der Waals surface area contributed by atoms with Crippen LogP contribution < -0.4 is 10.1 Å². The molecule has 0 bridgehead atoms. The van der Waals surface area contributed by atoms with Gasteiger partial charge in [0.05, 0.1) is 0 Å². The summed E-state index contributed by atoms with van der Waals surface area (Å²) in [5.74, 6) is 0.237. The molecule has 1 atom stereocenters. The molecule has 3 rings (SSSR count). The molecule has 0 spiro atoms. The number of aryl methyl sites for hydroxylation is 2. The Balaban J connectivity index is 1.92. The van der Waals surface area contributed by atoms with E-state index in [1.54, 1.807) is 4.90 Å². The highest BCUT2D eigenvalue weighted by molar-refractivity contribution is 9.10. The van der Waals surface area contributed by atoms with Crippen LogP contribution in [0.1, 0.15) is 36.1 Å². The lowest BCUT2D eigenvalue weighted by Gasteiger charge is -2.32. The van der Waals surface area contributed by atoms with Crippen LogP contribution in [0.15, 0.2) is 77.3 Å². The van der Waals surface area contributed by atoms with Gasteiger partial charge in [-0.05, 0) is 62.6 Å². The lowest BCUT2D eigenvalue weighted by atomic mass is 10.0. The van der Waals surface area contributed by atoms with Crippen molar-refractivity contribution in [1.82, 2.24) is 10.2 Å².